The third-order valence-electron chi connectivity index (χ3n) is 2.33. The zero-order valence-corrected chi connectivity index (χ0v) is 11.8. The number of pyridine rings is 1. The summed E-state index contributed by atoms with van der Waals surface area (Å²) in [7, 11) is 0. The number of hydrogen-bond donors (Lipinski definition) is 0. The van der Waals surface area contributed by atoms with Crippen LogP contribution in [0.25, 0.3) is 11.1 Å². The molecule has 0 fully saturated rings. The summed E-state index contributed by atoms with van der Waals surface area (Å²) in [5.74, 6) is 0. The minimum absolute atomic E-state index is 0.197. The average Bonchev–Trinajstić information content (AvgIpc) is 2.37. The van der Waals surface area contributed by atoms with E-state index in [4.69, 9.17) is 46.4 Å². The first kappa shape index (κ1) is 13.6. The lowest BCUT2D eigenvalue weighted by Gasteiger charge is -2.09. The van der Waals surface area contributed by atoms with Gasteiger partial charge in [-0.3, -0.25) is 4.79 Å². The van der Waals surface area contributed by atoms with Crippen LogP contribution in [0.3, 0.4) is 0 Å². The highest BCUT2D eigenvalue weighted by Crippen LogP contribution is 2.38. The van der Waals surface area contributed by atoms with Gasteiger partial charge < -0.3 is 0 Å². The van der Waals surface area contributed by atoms with Crippen molar-refractivity contribution in [3.63, 3.8) is 0 Å². The summed E-state index contributed by atoms with van der Waals surface area (Å²) >= 11 is 23.6. The summed E-state index contributed by atoms with van der Waals surface area (Å²) in [6, 6.07) is 6.51. The van der Waals surface area contributed by atoms with E-state index >= 15 is 0 Å². The summed E-state index contributed by atoms with van der Waals surface area (Å²) in [6.45, 7) is 0. The van der Waals surface area contributed by atoms with Crippen molar-refractivity contribution in [2.75, 3.05) is 0 Å². The lowest BCUT2D eigenvalue weighted by Crippen LogP contribution is -1.93. The first-order valence-corrected chi connectivity index (χ1v) is 6.31. The second-order valence-electron chi connectivity index (χ2n) is 3.41. The van der Waals surface area contributed by atoms with Gasteiger partial charge in [0.15, 0.2) is 6.29 Å². The van der Waals surface area contributed by atoms with Gasteiger partial charge in [0.2, 0.25) is 0 Å². The topological polar surface area (TPSA) is 30.0 Å². The highest BCUT2D eigenvalue weighted by atomic mass is 35.5. The van der Waals surface area contributed by atoms with E-state index < -0.39 is 0 Å². The number of carbonyl (C=O) groups is 1. The van der Waals surface area contributed by atoms with Crippen molar-refractivity contribution in [3.05, 3.63) is 50.2 Å². The van der Waals surface area contributed by atoms with Crippen LogP contribution in [0.1, 0.15) is 10.5 Å². The molecule has 2 rings (SSSR count). The van der Waals surface area contributed by atoms with Crippen molar-refractivity contribution in [2.45, 2.75) is 0 Å². The van der Waals surface area contributed by atoms with Crippen molar-refractivity contribution >= 4 is 52.7 Å². The van der Waals surface area contributed by atoms with Gasteiger partial charge in [-0.1, -0.05) is 52.5 Å². The van der Waals surface area contributed by atoms with E-state index in [0.29, 0.717) is 22.4 Å². The quantitative estimate of drug-likeness (QED) is 0.434. The van der Waals surface area contributed by atoms with E-state index in [1.165, 1.54) is 0 Å². The zero-order chi connectivity index (χ0) is 13.3. The fourth-order valence-corrected chi connectivity index (χ4v) is 2.29. The van der Waals surface area contributed by atoms with Gasteiger partial charge in [-0.05, 0) is 18.2 Å². The summed E-state index contributed by atoms with van der Waals surface area (Å²) in [6.07, 6.45) is 0.611. The van der Waals surface area contributed by atoms with Gasteiger partial charge in [-0.15, -0.1) is 0 Å². The van der Waals surface area contributed by atoms with Crippen LogP contribution in [0.15, 0.2) is 24.3 Å². The molecule has 92 valence electrons. The Morgan fingerprint density at radius 2 is 1.56 bits per heavy atom. The smallest absolute Gasteiger partial charge is 0.169 e. The molecule has 0 aliphatic heterocycles. The van der Waals surface area contributed by atoms with Crippen LogP contribution in [0, 0.1) is 0 Å². The molecule has 2 aromatic rings. The van der Waals surface area contributed by atoms with Gasteiger partial charge in [0.25, 0.3) is 0 Å². The van der Waals surface area contributed by atoms with Gasteiger partial charge in [-0.2, -0.15) is 0 Å². The molecule has 0 saturated carbocycles. The molecule has 6 heteroatoms. The minimum Gasteiger partial charge on any atom is -0.296 e. The van der Waals surface area contributed by atoms with Crippen LogP contribution in [0.5, 0.6) is 0 Å². The number of halogens is 4. The molecule has 1 aromatic heterocycles. The summed E-state index contributed by atoms with van der Waals surface area (Å²) in [5.41, 5.74) is 1.33. The first-order chi connectivity index (χ1) is 8.54. The van der Waals surface area contributed by atoms with Crippen LogP contribution < -0.4 is 0 Å². The molecule has 0 N–H and O–H groups in total. The zero-order valence-electron chi connectivity index (χ0n) is 8.75. The van der Waals surface area contributed by atoms with E-state index in [1.807, 2.05) is 0 Å². The lowest BCUT2D eigenvalue weighted by molar-refractivity contribution is 0.111. The first-order valence-electron chi connectivity index (χ1n) is 4.80. The number of aromatic nitrogens is 1. The van der Waals surface area contributed by atoms with Gasteiger partial charge >= 0.3 is 0 Å². The molecule has 0 radical (unpaired) electrons. The molecule has 2 nitrogen and oxygen atoms in total. The predicted octanol–water partition coefficient (Wildman–Crippen LogP) is 5.17. The Kier molecular flexibility index (Phi) is 4.13. The molecule has 0 bridgehead atoms. The van der Waals surface area contributed by atoms with Gasteiger partial charge in [0.1, 0.15) is 10.8 Å². The molecule has 1 aromatic carbocycles. The fraction of sp³-hybridized carbons (Fsp3) is 0. The Balaban J connectivity index is 2.69. The maximum atomic E-state index is 11.0. The molecule has 0 saturated heterocycles. The summed E-state index contributed by atoms with van der Waals surface area (Å²) in [4.78, 5) is 14.9. The van der Waals surface area contributed by atoms with Gasteiger partial charge in [0.05, 0.1) is 15.1 Å². The van der Waals surface area contributed by atoms with E-state index in [1.54, 1.807) is 24.3 Å². The standard InChI is InChI=1S/C12H5Cl4NO/c13-8-3-1-7(11(15)12(8)16)6-2-4-10(14)17-9(6)5-18/h1-5H. The highest BCUT2D eigenvalue weighted by Gasteiger charge is 2.14. The predicted molar refractivity (Wildman–Crippen MR) is 75.1 cm³/mol. The molecule has 0 atom stereocenters. The number of rotatable bonds is 2. The Morgan fingerprint density at radius 3 is 2.22 bits per heavy atom. The number of benzene rings is 1. The summed E-state index contributed by atoms with van der Waals surface area (Å²) in [5, 5.41) is 1.09. The molecule has 18 heavy (non-hydrogen) atoms. The second kappa shape index (κ2) is 5.45. The van der Waals surface area contributed by atoms with Crippen LogP contribution in [-0.4, -0.2) is 11.3 Å². The molecule has 0 amide bonds. The second-order valence-corrected chi connectivity index (χ2v) is 4.96. The van der Waals surface area contributed by atoms with E-state index in [0.717, 1.165) is 0 Å². The summed E-state index contributed by atoms with van der Waals surface area (Å²) < 4.78 is 0. The minimum atomic E-state index is 0.197. The van der Waals surface area contributed by atoms with Crippen molar-refractivity contribution < 1.29 is 4.79 Å². The molecule has 0 aliphatic rings. The number of hydrogen-bond acceptors (Lipinski definition) is 2. The van der Waals surface area contributed by atoms with E-state index in [9.17, 15) is 4.79 Å². The fourth-order valence-electron chi connectivity index (χ4n) is 1.50. The maximum Gasteiger partial charge on any atom is 0.169 e. The Hall–Kier alpha value is -0.800. The molecule has 0 unspecified atom stereocenters. The number of nitrogens with zero attached hydrogens (tertiary/aromatic N) is 1. The molecular weight excluding hydrogens is 316 g/mol. The molecule has 0 spiro atoms. The van der Waals surface area contributed by atoms with Crippen LogP contribution in [0.2, 0.25) is 20.2 Å². The van der Waals surface area contributed by atoms with E-state index in [2.05, 4.69) is 4.98 Å². The average molecular weight is 321 g/mol. The number of carbonyl (C=O) groups excluding carboxylic acids is 1. The van der Waals surface area contributed by atoms with Crippen LogP contribution in [0.4, 0.5) is 0 Å². The lowest BCUT2D eigenvalue weighted by atomic mass is 10.0. The largest absolute Gasteiger partial charge is 0.296 e. The van der Waals surface area contributed by atoms with Crippen molar-refractivity contribution in [1.82, 2.24) is 4.98 Å². The Labute approximate surface area is 123 Å². The van der Waals surface area contributed by atoms with Crippen molar-refractivity contribution in [2.24, 2.45) is 0 Å². The van der Waals surface area contributed by atoms with Crippen LogP contribution >= 0.6 is 46.4 Å². The molecular formula is C12H5Cl4NO. The van der Waals surface area contributed by atoms with Crippen molar-refractivity contribution in [1.29, 1.82) is 0 Å². The Bertz CT molecular complexity index is 628. The SMILES string of the molecule is O=Cc1nc(Cl)ccc1-c1ccc(Cl)c(Cl)c1Cl. The van der Waals surface area contributed by atoms with Crippen LogP contribution in [-0.2, 0) is 0 Å². The third-order valence-corrected chi connectivity index (χ3v) is 3.83. The number of aldehydes is 1. The van der Waals surface area contributed by atoms with E-state index in [-0.39, 0.29) is 20.9 Å². The molecule has 1 heterocycles. The maximum absolute atomic E-state index is 11.0. The third kappa shape index (κ3) is 2.47. The van der Waals surface area contributed by atoms with Crippen molar-refractivity contribution in [3.8, 4) is 11.1 Å². The normalized spacial score (nSPS) is 10.4. The Morgan fingerprint density at radius 1 is 0.889 bits per heavy atom. The van der Waals surface area contributed by atoms with Gasteiger partial charge in [-0.25, -0.2) is 4.98 Å². The van der Waals surface area contributed by atoms with Gasteiger partial charge in [0, 0.05) is 11.1 Å². The monoisotopic (exact) mass is 319 g/mol. The highest BCUT2D eigenvalue weighted by molar-refractivity contribution is 6.49. The molecule has 0 aliphatic carbocycles.